The Labute approximate surface area is 205 Å². The van der Waals surface area contributed by atoms with Gasteiger partial charge in [0.2, 0.25) is 5.91 Å². The molecular weight excluding hydrogens is 447 g/mol. The van der Waals surface area contributed by atoms with E-state index in [2.05, 4.69) is 11.4 Å². The van der Waals surface area contributed by atoms with E-state index in [0.717, 1.165) is 42.4 Å². The van der Waals surface area contributed by atoms with Gasteiger partial charge < -0.3 is 5.32 Å². The van der Waals surface area contributed by atoms with Crippen LogP contribution < -0.4 is 5.32 Å². The second-order valence-electron chi connectivity index (χ2n) is 9.23. The van der Waals surface area contributed by atoms with Gasteiger partial charge in [-0.1, -0.05) is 60.8 Å². The number of rotatable bonds is 7. The van der Waals surface area contributed by atoms with Crippen molar-refractivity contribution in [2.75, 3.05) is 0 Å². The van der Waals surface area contributed by atoms with Gasteiger partial charge in [-0.2, -0.15) is 5.26 Å². The minimum absolute atomic E-state index is 0.0124. The number of carbonyl (C=O) groups is 1. The molecule has 174 valence electrons. The number of nitrogens with one attached hydrogen (secondary N) is 1. The first-order valence-electron chi connectivity index (χ1n) is 11.7. The number of hydrogen-bond donors (Lipinski definition) is 1. The van der Waals surface area contributed by atoms with E-state index in [1.165, 1.54) is 12.1 Å². The third-order valence-corrected chi connectivity index (χ3v) is 7.32. The highest BCUT2D eigenvalue weighted by Gasteiger charge is 2.43. The maximum atomic E-state index is 13.7. The smallest absolute Gasteiger partial charge is 0.230 e. The first kappa shape index (κ1) is 24.0. The maximum Gasteiger partial charge on any atom is 0.230 e. The van der Waals surface area contributed by atoms with Crippen LogP contribution >= 0.6 is 11.6 Å². The molecule has 1 amide bonds. The summed E-state index contributed by atoms with van der Waals surface area (Å²) in [5.41, 5.74) is 2.94. The Hall–Kier alpha value is -3.16. The van der Waals surface area contributed by atoms with Crippen LogP contribution in [0.25, 0.3) is 0 Å². The fourth-order valence-electron chi connectivity index (χ4n) is 5.14. The van der Waals surface area contributed by atoms with E-state index in [9.17, 15) is 14.4 Å². The van der Waals surface area contributed by atoms with Crippen molar-refractivity contribution in [3.63, 3.8) is 0 Å². The van der Waals surface area contributed by atoms with Gasteiger partial charge in [0, 0.05) is 17.0 Å². The molecule has 2 atom stereocenters. The van der Waals surface area contributed by atoms with Crippen LogP contribution in [0.3, 0.4) is 0 Å². The first-order chi connectivity index (χ1) is 16.4. The molecule has 2 unspecified atom stereocenters. The zero-order chi connectivity index (χ0) is 24.1. The largest absolute Gasteiger partial charge is 0.352 e. The number of carbonyl (C=O) groups excluding carboxylic acids is 1. The number of benzene rings is 3. The summed E-state index contributed by atoms with van der Waals surface area (Å²) in [7, 11) is 0. The second-order valence-corrected chi connectivity index (χ2v) is 9.67. The van der Waals surface area contributed by atoms with Crippen LogP contribution in [0, 0.1) is 17.1 Å². The minimum atomic E-state index is -0.638. The molecule has 3 aromatic rings. The lowest BCUT2D eigenvalue weighted by Gasteiger charge is -2.33. The molecule has 34 heavy (non-hydrogen) atoms. The van der Waals surface area contributed by atoms with Gasteiger partial charge in [-0.15, -0.1) is 0 Å². The Kier molecular flexibility index (Phi) is 7.34. The highest BCUT2D eigenvalue weighted by molar-refractivity contribution is 6.30. The summed E-state index contributed by atoms with van der Waals surface area (Å²) in [6.07, 6.45) is 4.14. The Bertz CT molecular complexity index is 1180. The van der Waals surface area contributed by atoms with E-state index in [1.807, 2.05) is 49.4 Å². The van der Waals surface area contributed by atoms with Crippen molar-refractivity contribution >= 4 is 17.5 Å². The lowest BCUT2D eigenvalue weighted by molar-refractivity contribution is -0.127. The van der Waals surface area contributed by atoms with Crippen molar-refractivity contribution < 1.29 is 9.18 Å². The molecule has 1 aliphatic carbocycles. The zero-order valence-corrected chi connectivity index (χ0v) is 20.0. The SMILES string of the molecule is CC(NC(=O)C1(c2ccc(F)cc2)CCCC1)C(Cc1ccc(Cl)cc1)c1cccc(C#N)c1. The molecule has 0 saturated heterocycles. The van der Waals surface area contributed by atoms with Gasteiger partial charge in [-0.05, 0) is 79.3 Å². The van der Waals surface area contributed by atoms with Crippen LogP contribution in [0.2, 0.25) is 5.02 Å². The zero-order valence-electron chi connectivity index (χ0n) is 19.2. The van der Waals surface area contributed by atoms with E-state index in [4.69, 9.17) is 11.6 Å². The van der Waals surface area contributed by atoms with Crippen LogP contribution in [0.4, 0.5) is 4.39 Å². The molecule has 0 aliphatic heterocycles. The van der Waals surface area contributed by atoms with Crippen LogP contribution in [0.15, 0.2) is 72.8 Å². The predicted molar refractivity (Wildman–Crippen MR) is 133 cm³/mol. The highest BCUT2D eigenvalue weighted by Crippen LogP contribution is 2.42. The van der Waals surface area contributed by atoms with E-state index in [1.54, 1.807) is 18.2 Å². The first-order valence-corrected chi connectivity index (χ1v) is 12.1. The van der Waals surface area contributed by atoms with E-state index < -0.39 is 5.41 Å². The van der Waals surface area contributed by atoms with E-state index in [0.29, 0.717) is 17.0 Å². The lowest BCUT2D eigenvalue weighted by Crippen LogP contribution is -2.48. The van der Waals surface area contributed by atoms with E-state index >= 15 is 0 Å². The van der Waals surface area contributed by atoms with Gasteiger partial charge in [-0.25, -0.2) is 4.39 Å². The van der Waals surface area contributed by atoms with Crippen LogP contribution in [0.5, 0.6) is 0 Å². The maximum absolute atomic E-state index is 13.7. The molecule has 4 rings (SSSR count). The van der Waals surface area contributed by atoms with Crippen molar-refractivity contribution in [1.29, 1.82) is 5.26 Å². The predicted octanol–water partition coefficient (Wildman–Crippen LogP) is 6.69. The molecule has 0 spiro atoms. The van der Waals surface area contributed by atoms with Crippen LogP contribution in [0.1, 0.15) is 60.8 Å². The van der Waals surface area contributed by atoms with Gasteiger partial charge in [0.1, 0.15) is 5.82 Å². The number of halogens is 2. The molecule has 5 heteroatoms. The second kappa shape index (κ2) is 10.4. The third-order valence-electron chi connectivity index (χ3n) is 7.06. The molecule has 1 fully saturated rings. The fourth-order valence-corrected chi connectivity index (χ4v) is 5.26. The number of amides is 1. The Morgan fingerprint density at radius 3 is 2.41 bits per heavy atom. The van der Waals surface area contributed by atoms with Gasteiger partial charge in [0.25, 0.3) is 0 Å². The molecule has 3 nitrogen and oxygen atoms in total. The monoisotopic (exact) mass is 474 g/mol. The number of nitriles is 1. The molecule has 1 saturated carbocycles. The highest BCUT2D eigenvalue weighted by atomic mass is 35.5. The van der Waals surface area contributed by atoms with Crippen molar-refractivity contribution in [3.05, 3.63) is 106 Å². The Balaban J connectivity index is 1.63. The molecule has 0 bridgehead atoms. The fraction of sp³-hybridized carbons (Fsp3) is 0.310. The molecule has 0 heterocycles. The van der Waals surface area contributed by atoms with Gasteiger partial charge in [0.05, 0.1) is 17.0 Å². The summed E-state index contributed by atoms with van der Waals surface area (Å²) in [4.78, 5) is 13.7. The van der Waals surface area contributed by atoms with Crippen molar-refractivity contribution in [1.82, 2.24) is 5.32 Å². The topological polar surface area (TPSA) is 52.9 Å². The molecule has 0 radical (unpaired) electrons. The summed E-state index contributed by atoms with van der Waals surface area (Å²) in [5, 5.41) is 13.4. The van der Waals surface area contributed by atoms with Crippen LogP contribution in [-0.2, 0) is 16.6 Å². The van der Waals surface area contributed by atoms with Crippen molar-refractivity contribution in [2.24, 2.45) is 0 Å². The molecule has 0 aromatic heterocycles. The summed E-state index contributed by atoms with van der Waals surface area (Å²) < 4.78 is 13.6. The van der Waals surface area contributed by atoms with Gasteiger partial charge in [-0.3, -0.25) is 4.79 Å². The standard InChI is InChI=1S/C29H28ClFN2O/c1-20(33-28(34)29(15-2-3-16-29)24-9-13-26(31)14-10-24)27(18-21-7-11-25(30)12-8-21)23-6-4-5-22(17-23)19-32/h4-14,17,20,27H,2-3,15-16,18H2,1H3,(H,33,34). The average molecular weight is 475 g/mol. The Morgan fingerprint density at radius 2 is 1.76 bits per heavy atom. The van der Waals surface area contributed by atoms with Crippen molar-refractivity contribution in [3.8, 4) is 6.07 Å². The number of hydrogen-bond acceptors (Lipinski definition) is 2. The molecule has 1 N–H and O–H groups in total. The molecular formula is C29H28ClFN2O. The lowest BCUT2D eigenvalue weighted by atomic mass is 9.77. The van der Waals surface area contributed by atoms with Crippen LogP contribution in [-0.4, -0.2) is 11.9 Å². The Morgan fingerprint density at radius 1 is 1.09 bits per heavy atom. The summed E-state index contributed by atoms with van der Waals surface area (Å²) in [6, 6.07) is 23.7. The number of nitrogens with zero attached hydrogens (tertiary/aromatic N) is 1. The average Bonchev–Trinajstić information content (AvgIpc) is 3.35. The summed E-state index contributed by atoms with van der Waals surface area (Å²) in [6.45, 7) is 2.02. The van der Waals surface area contributed by atoms with E-state index in [-0.39, 0.29) is 23.7 Å². The van der Waals surface area contributed by atoms with Gasteiger partial charge >= 0.3 is 0 Å². The third kappa shape index (κ3) is 5.16. The van der Waals surface area contributed by atoms with Gasteiger partial charge in [0.15, 0.2) is 0 Å². The molecule has 3 aromatic carbocycles. The normalized spacial score (nSPS) is 16.4. The quantitative estimate of drug-likeness (QED) is 0.414. The summed E-state index contributed by atoms with van der Waals surface area (Å²) >= 11 is 6.08. The molecule has 1 aliphatic rings. The summed E-state index contributed by atoms with van der Waals surface area (Å²) in [5.74, 6) is -0.349. The van der Waals surface area contributed by atoms with Crippen molar-refractivity contribution in [2.45, 2.75) is 56.4 Å². The minimum Gasteiger partial charge on any atom is -0.352 e.